The molecule has 0 aliphatic carbocycles. The number of unbranched alkanes of at least 4 members (excludes halogenated alkanes) is 2. The number of urea groups is 1. The zero-order chi connectivity index (χ0) is 43.6. The number of nitrogens with two attached hydrogens (primary N) is 1. The zero-order valence-electron chi connectivity index (χ0n) is 34.3. The van der Waals surface area contributed by atoms with Crippen molar-refractivity contribution in [3.05, 3.63) is 96.2 Å². The quantitative estimate of drug-likeness (QED) is 0.0419. The Morgan fingerprint density at radius 1 is 0.833 bits per heavy atom. The minimum Gasteiger partial charge on any atom is -0.496 e. The van der Waals surface area contributed by atoms with Crippen LogP contribution in [0.25, 0.3) is 10.8 Å². The number of hydrogen-bond acceptors (Lipinski definition) is 11. The Morgan fingerprint density at radius 2 is 1.55 bits per heavy atom. The van der Waals surface area contributed by atoms with Crippen LogP contribution in [0.2, 0.25) is 0 Å². The van der Waals surface area contributed by atoms with Gasteiger partial charge < -0.3 is 46.3 Å². The number of pyridine rings is 1. The Labute approximate surface area is 349 Å². The fourth-order valence-corrected chi connectivity index (χ4v) is 6.81. The first-order chi connectivity index (χ1) is 28.4. The largest absolute Gasteiger partial charge is 0.496 e. The molecule has 0 spiro atoms. The molecule has 0 bridgehead atoms. The van der Waals surface area contributed by atoms with Crippen LogP contribution in [-0.2, 0) is 20.2 Å². The number of aliphatic carboxylic acids is 1. The number of carboxylic acids is 1. The molecule has 0 unspecified atom stereocenters. The highest BCUT2D eigenvalue weighted by Crippen LogP contribution is 2.40. The molecule has 318 valence electrons. The molecule has 0 fully saturated rings. The molecule has 1 aromatic heterocycles. The SMILES string of the molecule is COc1cc(Nc2cc(Oc3ccc(NC(=O)Nc4cc(C(C)(C)C)cc(NS(C)(=O)=O)c4OC)c4ccccc34)ccn2)ccc1C(=O)NCCCCC[C@@H](N)C(=O)O. The fraction of sp³-hybridized carbons (Fsp3) is 0.302. The molecule has 0 aliphatic heterocycles. The molecule has 0 saturated carbocycles. The van der Waals surface area contributed by atoms with Gasteiger partial charge in [-0.05, 0) is 66.3 Å². The standard InChI is InChI=1S/C43H51N7O9S/c1-43(2,3)26-22-34(39(58-5)35(23-26)50-60(6,55)56)49-42(54)48-33-17-18-36(30-13-10-9-12-29(30)33)59-28-19-21-45-38(25-28)47-27-15-16-31(37(24-27)57-4)40(51)46-20-11-7-8-14-32(44)41(52)53/h9-10,12-13,15-19,21-25,32,50H,7-8,11,14,20,44H2,1-6H3,(H,45,47)(H,46,51)(H,52,53)(H2,48,49,54)/t32-/m1/s1. The predicted molar refractivity (Wildman–Crippen MR) is 234 cm³/mol. The summed E-state index contributed by atoms with van der Waals surface area (Å²) in [5.74, 6) is 0.662. The number of nitrogens with one attached hydrogen (secondary N) is 5. The molecule has 5 rings (SSSR count). The van der Waals surface area contributed by atoms with E-state index in [1.165, 1.54) is 14.2 Å². The van der Waals surface area contributed by atoms with E-state index in [2.05, 4.69) is 31.0 Å². The van der Waals surface area contributed by atoms with Crippen LogP contribution in [0, 0.1) is 0 Å². The van der Waals surface area contributed by atoms with Gasteiger partial charge in [-0.2, -0.15) is 0 Å². The van der Waals surface area contributed by atoms with E-state index in [-0.39, 0.29) is 28.4 Å². The van der Waals surface area contributed by atoms with Crippen LogP contribution in [0.1, 0.15) is 62.4 Å². The van der Waals surface area contributed by atoms with Crippen molar-refractivity contribution in [3.8, 4) is 23.0 Å². The Bertz CT molecular complexity index is 2470. The van der Waals surface area contributed by atoms with Gasteiger partial charge in [-0.15, -0.1) is 0 Å². The van der Waals surface area contributed by atoms with Crippen molar-refractivity contribution in [3.63, 3.8) is 0 Å². The summed E-state index contributed by atoms with van der Waals surface area (Å²) in [6, 6.07) is 21.4. The average Bonchev–Trinajstić information content (AvgIpc) is 3.19. The Morgan fingerprint density at radius 3 is 2.23 bits per heavy atom. The predicted octanol–water partition coefficient (Wildman–Crippen LogP) is 7.80. The molecule has 1 heterocycles. The third-order valence-corrected chi connectivity index (χ3v) is 9.90. The topological polar surface area (TPSA) is 232 Å². The van der Waals surface area contributed by atoms with Crippen LogP contribution in [-0.4, -0.2) is 69.5 Å². The second-order valence-electron chi connectivity index (χ2n) is 15.0. The summed E-state index contributed by atoms with van der Waals surface area (Å²) < 4.78 is 44.2. The van der Waals surface area contributed by atoms with E-state index in [9.17, 15) is 22.8 Å². The maximum Gasteiger partial charge on any atom is 0.323 e. The van der Waals surface area contributed by atoms with Gasteiger partial charge in [-0.1, -0.05) is 57.9 Å². The van der Waals surface area contributed by atoms with Crippen molar-refractivity contribution in [2.24, 2.45) is 5.73 Å². The molecule has 0 aliphatic rings. The van der Waals surface area contributed by atoms with Gasteiger partial charge in [0.05, 0.1) is 43.1 Å². The van der Waals surface area contributed by atoms with E-state index in [0.717, 1.165) is 23.6 Å². The first-order valence-electron chi connectivity index (χ1n) is 19.1. The van der Waals surface area contributed by atoms with Crippen LogP contribution >= 0.6 is 0 Å². The van der Waals surface area contributed by atoms with Gasteiger partial charge in [-0.3, -0.25) is 14.3 Å². The summed E-state index contributed by atoms with van der Waals surface area (Å²) in [5.41, 5.74) is 7.88. The molecule has 4 aromatic carbocycles. The van der Waals surface area contributed by atoms with E-state index in [1.54, 1.807) is 60.8 Å². The summed E-state index contributed by atoms with van der Waals surface area (Å²) >= 11 is 0. The van der Waals surface area contributed by atoms with Gasteiger partial charge in [0.2, 0.25) is 10.0 Å². The lowest BCUT2D eigenvalue weighted by atomic mass is 9.86. The highest BCUT2D eigenvalue weighted by molar-refractivity contribution is 7.92. The number of aromatic nitrogens is 1. The number of carboxylic acid groups (broad SMARTS) is 1. The minimum atomic E-state index is -3.65. The van der Waals surface area contributed by atoms with E-state index < -0.39 is 28.1 Å². The summed E-state index contributed by atoms with van der Waals surface area (Å²) in [4.78, 5) is 41.7. The number of hydrogen-bond donors (Lipinski definition) is 7. The van der Waals surface area contributed by atoms with Crippen molar-refractivity contribution in [2.45, 2.75) is 57.9 Å². The smallest absolute Gasteiger partial charge is 0.323 e. The number of rotatable bonds is 18. The number of fused-ring (bicyclic) bond motifs is 1. The number of carbonyl (C=O) groups excluding carboxylic acids is 2. The van der Waals surface area contributed by atoms with Crippen molar-refractivity contribution < 1.29 is 42.1 Å². The molecule has 17 heteroatoms. The third kappa shape index (κ3) is 12.0. The Balaban J connectivity index is 1.27. The first kappa shape index (κ1) is 44.5. The van der Waals surface area contributed by atoms with E-state index >= 15 is 0 Å². The van der Waals surface area contributed by atoms with Crippen LogP contribution in [0.4, 0.5) is 33.4 Å². The summed E-state index contributed by atoms with van der Waals surface area (Å²) in [7, 11) is -0.781. The van der Waals surface area contributed by atoms with Crippen molar-refractivity contribution in [1.29, 1.82) is 0 Å². The van der Waals surface area contributed by atoms with Crippen LogP contribution in [0.3, 0.4) is 0 Å². The highest BCUT2D eigenvalue weighted by Gasteiger charge is 2.23. The number of ether oxygens (including phenoxy) is 3. The Kier molecular flexibility index (Phi) is 14.4. The average molecular weight is 842 g/mol. The number of amides is 3. The molecule has 0 radical (unpaired) electrons. The fourth-order valence-electron chi connectivity index (χ4n) is 6.26. The second-order valence-corrected chi connectivity index (χ2v) is 16.8. The number of anilines is 5. The van der Waals surface area contributed by atoms with Gasteiger partial charge in [-0.25, -0.2) is 18.2 Å². The molecule has 8 N–H and O–H groups in total. The lowest BCUT2D eigenvalue weighted by Gasteiger charge is -2.24. The van der Waals surface area contributed by atoms with E-state index in [1.807, 2.05) is 45.0 Å². The number of carbonyl (C=O) groups is 3. The van der Waals surface area contributed by atoms with Gasteiger partial charge in [0.15, 0.2) is 5.75 Å². The maximum absolute atomic E-state index is 13.5. The molecule has 16 nitrogen and oxygen atoms in total. The van der Waals surface area contributed by atoms with Gasteiger partial charge >= 0.3 is 12.0 Å². The molecule has 5 aromatic rings. The summed E-state index contributed by atoms with van der Waals surface area (Å²) in [6.07, 6.45) is 5.08. The minimum absolute atomic E-state index is 0.157. The number of methoxy groups -OCH3 is 2. The van der Waals surface area contributed by atoms with Crippen molar-refractivity contribution >= 4 is 67.3 Å². The first-order valence-corrected chi connectivity index (χ1v) is 21.0. The molecule has 3 amide bonds. The molecule has 0 saturated heterocycles. The molecule has 60 heavy (non-hydrogen) atoms. The molecular formula is C43H51N7O9S. The van der Waals surface area contributed by atoms with Crippen LogP contribution < -0.4 is 45.9 Å². The van der Waals surface area contributed by atoms with Crippen LogP contribution in [0.15, 0.2) is 85.1 Å². The third-order valence-electron chi connectivity index (χ3n) is 9.31. The molecular weight excluding hydrogens is 791 g/mol. The number of benzene rings is 4. The van der Waals surface area contributed by atoms with Crippen molar-refractivity contribution in [2.75, 3.05) is 47.7 Å². The van der Waals surface area contributed by atoms with Crippen LogP contribution in [0.5, 0.6) is 23.0 Å². The van der Waals surface area contributed by atoms with Gasteiger partial charge in [0.1, 0.15) is 29.1 Å². The Hall–Kier alpha value is -6.59. The van der Waals surface area contributed by atoms with E-state index in [0.29, 0.717) is 71.2 Å². The number of nitrogens with zero attached hydrogens (tertiary/aromatic N) is 1. The maximum atomic E-state index is 13.5. The summed E-state index contributed by atoms with van der Waals surface area (Å²) in [6.45, 7) is 6.34. The normalized spacial score (nSPS) is 11.9. The van der Waals surface area contributed by atoms with E-state index in [4.69, 9.17) is 25.1 Å². The van der Waals surface area contributed by atoms with Gasteiger partial charge in [0.25, 0.3) is 5.91 Å². The zero-order valence-corrected chi connectivity index (χ0v) is 35.2. The second kappa shape index (κ2) is 19.4. The lowest BCUT2D eigenvalue weighted by Crippen LogP contribution is -2.29. The lowest BCUT2D eigenvalue weighted by molar-refractivity contribution is -0.138. The highest BCUT2D eigenvalue weighted by atomic mass is 32.2. The monoisotopic (exact) mass is 841 g/mol. The summed E-state index contributed by atoms with van der Waals surface area (Å²) in [5, 5.41) is 22.2. The number of sulfonamides is 1. The molecule has 1 atom stereocenters. The van der Waals surface area contributed by atoms with Crippen molar-refractivity contribution in [1.82, 2.24) is 10.3 Å². The van der Waals surface area contributed by atoms with Gasteiger partial charge in [0, 0.05) is 41.3 Å².